The van der Waals surface area contributed by atoms with Gasteiger partial charge in [0.05, 0.1) is 35.8 Å². The lowest BCUT2D eigenvalue weighted by Gasteiger charge is -2.39. The van der Waals surface area contributed by atoms with E-state index in [9.17, 15) is 39.3 Å². The van der Waals surface area contributed by atoms with Gasteiger partial charge in [-0.05, 0) is 131 Å². The number of nitrogens with one attached hydrogen (secondary N) is 9. The minimum Gasteiger partial charge on any atom is -0.470 e. The second kappa shape index (κ2) is 35.6. The van der Waals surface area contributed by atoms with Crippen LogP contribution in [0.5, 0.6) is 0 Å². The van der Waals surface area contributed by atoms with Gasteiger partial charge < -0.3 is 76.8 Å². The fraction of sp³-hybridized carbons (Fsp3) is 0.687. The number of nitrogens with zero attached hydrogens (tertiary/aromatic N) is 6. The van der Waals surface area contributed by atoms with Crippen molar-refractivity contribution in [2.75, 3.05) is 159 Å². The SMILES string of the molecule is [C-]#[N+]/C(C(=O)OCC(COC(=O)/C(C#N)=C1\CC(C)(C)CC(N2CCCC2)=C1C(=O)NCCNCCNC)COC(=O)/C(C#N)=C1\CC(C)(C)CC(N2CCCC2)=C1C(=O)NCCNCCNC)=C1/CC(C)(C)CC(N2CCCC2)=C1C(=O)NCCNCCNC. The predicted molar refractivity (Wildman–Crippen MR) is 347 cm³/mol. The van der Waals surface area contributed by atoms with Crippen LogP contribution < -0.4 is 47.9 Å². The topological polar surface area (TPSA) is 300 Å². The molecule has 0 bridgehead atoms. The number of carbonyl (C=O) groups excluding carboxylic acids is 6. The summed E-state index contributed by atoms with van der Waals surface area (Å²) in [6.45, 7) is 29.7. The van der Waals surface area contributed by atoms with Crippen LogP contribution >= 0.6 is 0 Å². The second-order valence-electron chi connectivity index (χ2n) is 27.0. The molecule has 0 saturated carbocycles. The van der Waals surface area contributed by atoms with Gasteiger partial charge in [-0.1, -0.05) is 41.5 Å². The quantitative estimate of drug-likeness (QED) is 0.0114. The van der Waals surface area contributed by atoms with Gasteiger partial charge in [0.1, 0.15) is 36.5 Å². The van der Waals surface area contributed by atoms with Crippen molar-refractivity contribution >= 4 is 35.6 Å². The monoisotopic (exact) mass is 1260 g/mol. The van der Waals surface area contributed by atoms with E-state index in [1.807, 2.05) is 62.7 Å². The van der Waals surface area contributed by atoms with Gasteiger partial charge in [-0.15, -0.1) is 0 Å². The van der Waals surface area contributed by atoms with Crippen LogP contribution in [0.4, 0.5) is 0 Å². The zero-order valence-electron chi connectivity index (χ0n) is 55.8. The smallest absolute Gasteiger partial charge is 0.349 e. The van der Waals surface area contributed by atoms with Gasteiger partial charge in [-0.2, -0.15) is 10.5 Å². The fourth-order valence-corrected chi connectivity index (χ4v) is 13.0. The summed E-state index contributed by atoms with van der Waals surface area (Å²) in [5, 5.41) is 50.1. The normalized spacial score (nSPS) is 20.4. The highest BCUT2D eigenvalue weighted by Gasteiger charge is 2.43. The van der Waals surface area contributed by atoms with E-state index in [0.29, 0.717) is 97.8 Å². The number of carbonyl (C=O) groups is 6. The zero-order valence-corrected chi connectivity index (χ0v) is 55.8. The molecule has 0 spiro atoms. The molecule has 3 heterocycles. The molecule has 6 rings (SSSR count). The number of likely N-dealkylation sites (tertiary alicyclic amines) is 3. The van der Waals surface area contributed by atoms with Crippen LogP contribution in [0.1, 0.15) is 119 Å². The summed E-state index contributed by atoms with van der Waals surface area (Å²) in [4.78, 5) is 97.8. The molecule has 500 valence electrons. The third-order valence-corrected chi connectivity index (χ3v) is 17.4. The Morgan fingerprint density at radius 2 is 0.736 bits per heavy atom. The summed E-state index contributed by atoms with van der Waals surface area (Å²) in [7, 11) is 5.56. The summed E-state index contributed by atoms with van der Waals surface area (Å²) in [6, 6.07) is 4.16. The molecule has 3 fully saturated rings. The number of nitriles is 2. The Hall–Kier alpha value is -7.11. The Morgan fingerprint density at radius 3 is 1.03 bits per heavy atom. The van der Waals surface area contributed by atoms with Gasteiger partial charge in [-0.25, -0.2) is 14.4 Å². The van der Waals surface area contributed by atoms with Crippen LogP contribution in [0.2, 0.25) is 0 Å². The lowest BCUT2D eigenvalue weighted by atomic mass is 9.72. The lowest BCUT2D eigenvalue weighted by Crippen LogP contribution is -2.39. The number of hydrogen-bond acceptors (Lipinski definition) is 20. The third kappa shape index (κ3) is 21.0. The summed E-state index contributed by atoms with van der Waals surface area (Å²) in [5.41, 5.74) is 1.13. The van der Waals surface area contributed by atoms with Gasteiger partial charge in [-0.3, -0.25) is 19.2 Å². The van der Waals surface area contributed by atoms with Crippen molar-refractivity contribution in [1.82, 2.24) is 62.6 Å². The van der Waals surface area contributed by atoms with E-state index in [1.54, 1.807) is 0 Å². The van der Waals surface area contributed by atoms with Gasteiger partial charge in [0, 0.05) is 135 Å². The number of hydrogen-bond donors (Lipinski definition) is 9. The van der Waals surface area contributed by atoms with Crippen molar-refractivity contribution < 1.29 is 43.0 Å². The van der Waals surface area contributed by atoms with Crippen LogP contribution in [0.25, 0.3) is 4.85 Å². The van der Waals surface area contributed by atoms with Crippen LogP contribution in [-0.4, -0.2) is 209 Å². The molecule has 0 aromatic heterocycles. The van der Waals surface area contributed by atoms with Gasteiger partial charge >= 0.3 is 17.9 Å². The fourth-order valence-electron chi connectivity index (χ4n) is 13.0. The van der Waals surface area contributed by atoms with Gasteiger partial charge in [0.25, 0.3) is 23.4 Å². The molecule has 3 aliphatic heterocycles. The minimum absolute atomic E-state index is 0.195. The highest BCUT2D eigenvalue weighted by atomic mass is 16.6. The van der Waals surface area contributed by atoms with Gasteiger partial charge in [0.15, 0.2) is 0 Å². The van der Waals surface area contributed by atoms with Crippen molar-refractivity contribution in [2.24, 2.45) is 22.2 Å². The number of ether oxygens (including phenoxy) is 3. The van der Waals surface area contributed by atoms with Crippen LogP contribution in [-0.2, 0) is 43.0 Å². The maximum Gasteiger partial charge on any atom is 0.349 e. The molecule has 24 nitrogen and oxygen atoms in total. The molecule has 3 aliphatic carbocycles. The molecule has 3 amide bonds. The predicted octanol–water partition coefficient (Wildman–Crippen LogP) is 3.33. The maximum atomic E-state index is 14.7. The van der Waals surface area contributed by atoms with E-state index in [1.165, 1.54) is 0 Å². The average Bonchev–Trinajstić information content (AvgIpc) is 1.61. The van der Waals surface area contributed by atoms with E-state index in [-0.39, 0.29) is 83.5 Å². The van der Waals surface area contributed by atoms with Crippen molar-refractivity contribution in [3.05, 3.63) is 78.8 Å². The van der Waals surface area contributed by atoms with E-state index in [4.69, 9.17) is 20.8 Å². The molecule has 91 heavy (non-hydrogen) atoms. The summed E-state index contributed by atoms with van der Waals surface area (Å²) >= 11 is 0. The Bertz CT molecular complexity index is 2630. The summed E-state index contributed by atoms with van der Waals surface area (Å²) in [5.74, 6) is -5.61. The van der Waals surface area contributed by atoms with E-state index in [2.05, 4.69) is 79.5 Å². The molecule has 0 radical (unpaired) electrons. The van der Waals surface area contributed by atoms with Gasteiger partial charge in [0.2, 0.25) is 0 Å². The van der Waals surface area contributed by atoms with Crippen molar-refractivity contribution in [3.8, 4) is 12.1 Å². The standard InChI is InChI=1S/C67H103N15O9/c1-65(2)35-47(55(52(38-65)80-29-11-12-30-80)59(83)77-26-23-74-20-17-70-7)50(41-68)62(86)89-43-46(44-90-63(87)51(42-69)48-36-66(3,4)39-53(81-31-13-14-32-81)56(48)60(84)78-27-24-75-21-18-71-8)45-91-64(88)58(73-10)49-37-67(5,6)40-54(82-33-15-16-34-82)57(49)61(85)79-28-25-76-22-19-72-9/h46,70-72,74-76H,11-40,43-45H2,1-9H3,(H,77,83)(H,78,84)(H,79,85)/b50-47+,51-48+,58-49-. The van der Waals surface area contributed by atoms with Crippen LogP contribution in [0.15, 0.2) is 67.4 Å². The maximum absolute atomic E-state index is 14.7. The largest absolute Gasteiger partial charge is 0.470 e. The highest BCUT2D eigenvalue weighted by Crippen LogP contribution is 2.48. The Labute approximate surface area is 540 Å². The third-order valence-electron chi connectivity index (χ3n) is 17.4. The Morgan fingerprint density at radius 1 is 0.451 bits per heavy atom. The first-order chi connectivity index (χ1) is 43.6. The molecule has 0 aromatic rings. The number of likely N-dealkylation sites (N-methyl/N-ethyl adjacent to an activating group) is 3. The van der Waals surface area contributed by atoms with Crippen LogP contribution in [0.3, 0.4) is 0 Å². The molecule has 0 unspecified atom stereocenters. The molecular weight excluding hydrogens is 1160 g/mol. The Kier molecular flexibility index (Phi) is 28.6. The molecule has 3 saturated heterocycles. The first kappa shape index (κ1) is 72.9. The molecule has 24 heteroatoms. The Balaban J connectivity index is 1.38. The van der Waals surface area contributed by atoms with E-state index < -0.39 is 83.3 Å². The highest BCUT2D eigenvalue weighted by molar-refractivity contribution is 6.05. The number of amides is 3. The lowest BCUT2D eigenvalue weighted by molar-refractivity contribution is -0.148. The molecule has 9 N–H and O–H groups in total. The first-order valence-corrected chi connectivity index (χ1v) is 32.9. The zero-order chi connectivity index (χ0) is 66.1. The van der Waals surface area contributed by atoms with E-state index in [0.717, 1.165) is 75.3 Å². The second-order valence-corrected chi connectivity index (χ2v) is 27.0. The van der Waals surface area contributed by atoms with Crippen LogP contribution in [0, 0.1) is 51.4 Å². The number of allylic oxidation sites excluding steroid dienone is 3. The van der Waals surface area contributed by atoms with E-state index >= 15 is 0 Å². The number of esters is 3. The molecule has 0 atom stereocenters. The first-order valence-electron chi connectivity index (χ1n) is 32.9. The summed E-state index contributed by atoms with van der Waals surface area (Å²) < 4.78 is 18.1. The molecule has 6 aliphatic rings. The minimum atomic E-state index is -1.17. The van der Waals surface area contributed by atoms with Crippen molar-refractivity contribution in [3.63, 3.8) is 0 Å². The van der Waals surface area contributed by atoms with Crippen molar-refractivity contribution in [1.29, 1.82) is 10.5 Å². The molecular formula is C67H103N15O9. The molecule has 0 aromatic carbocycles. The van der Waals surface area contributed by atoms with Crippen molar-refractivity contribution in [2.45, 2.75) is 119 Å². The summed E-state index contributed by atoms with van der Waals surface area (Å²) in [6.07, 6.45) is 7.67. The average molecular weight is 1260 g/mol. The number of rotatable bonds is 33.